The van der Waals surface area contributed by atoms with Gasteiger partial charge in [0, 0.05) is 28.5 Å². The zero-order valence-corrected chi connectivity index (χ0v) is 15.5. The quantitative estimate of drug-likeness (QED) is 0.662. The van der Waals surface area contributed by atoms with E-state index in [-0.39, 0.29) is 11.6 Å². The van der Waals surface area contributed by atoms with E-state index in [1.165, 1.54) is 6.20 Å². The summed E-state index contributed by atoms with van der Waals surface area (Å²) in [6.45, 7) is 2.33. The minimum atomic E-state index is -0.284. The molecule has 1 amide bonds. The van der Waals surface area contributed by atoms with E-state index < -0.39 is 0 Å². The van der Waals surface area contributed by atoms with Gasteiger partial charge in [-0.25, -0.2) is 9.97 Å². The van der Waals surface area contributed by atoms with Gasteiger partial charge in [-0.15, -0.1) is 0 Å². The van der Waals surface area contributed by atoms with E-state index in [9.17, 15) is 4.79 Å². The van der Waals surface area contributed by atoms with Gasteiger partial charge in [-0.2, -0.15) is 0 Å². The van der Waals surface area contributed by atoms with Gasteiger partial charge in [0.1, 0.15) is 5.69 Å². The number of hydrogen-bond acceptors (Lipinski definition) is 4. The monoisotopic (exact) mass is 386 g/mol. The molecule has 0 unspecified atom stereocenters. The SMILES string of the molecule is Cc1ccc(Cl)cc1Nc1nccc(C(=O)NCc2ccc(Cl)cc2)n1. The van der Waals surface area contributed by atoms with E-state index in [1.807, 2.05) is 31.2 Å². The summed E-state index contributed by atoms with van der Waals surface area (Å²) in [6, 6.07) is 14.3. The lowest BCUT2D eigenvalue weighted by atomic mass is 10.2. The van der Waals surface area contributed by atoms with Crippen molar-refractivity contribution >= 4 is 40.7 Å². The molecule has 0 fully saturated rings. The molecule has 5 nitrogen and oxygen atoms in total. The van der Waals surface area contributed by atoms with Crippen LogP contribution in [0.1, 0.15) is 21.6 Å². The van der Waals surface area contributed by atoms with E-state index in [4.69, 9.17) is 23.2 Å². The number of aryl methyl sites for hydroxylation is 1. The van der Waals surface area contributed by atoms with Gasteiger partial charge in [0.2, 0.25) is 5.95 Å². The highest BCUT2D eigenvalue weighted by Gasteiger charge is 2.10. The number of halogens is 2. The van der Waals surface area contributed by atoms with Crippen molar-refractivity contribution in [3.05, 3.63) is 81.6 Å². The van der Waals surface area contributed by atoms with Crippen LogP contribution in [0.5, 0.6) is 0 Å². The summed E-state index contributed by atoms with van der Waals surface area (Å²) in [5.74, 6) is 0.0442. The Kier molecular flexibility index (Phi) is 5.71. The molecule has 1 heterocycles. The van der Waals surface area contributed by atoms with Gasteiger partial charge < -0.3 is 10.6 Å². The lowest BCUT2D eigenvalue weighted by Crippen LogP contribution is -2.24. The van der Waals surface area contributed by atoms with Crippen molar-refractivity contribution in [1.82, 2.24) is 15.3 Å². The van der Waals surface area contributed by atoms with Crippen LogP contribution in [0.2, 0.25) is 10.0 Å². The third kappa shape index (κ3) is 4.71. The van der Waals surface area contributed by atoms with Crippen molar-refractivity contribution in [2.24, 2.45) is 0 Å². The largest absolute Gasteiger partial charge is 0.347 e. The van der Waals surface area contributed by atoms with Gasteiger partial charge in [0.05, 0.1) is 0 Å². The van der Waals surface area contributed by atoms with Crippen LogP contribution in [0.4, 0.5) is 11.6 Å². The van der Waals surface area contributed by atoms with Gasteiger partial charge in [0.25, 0.3) is 5.91 Å². The first-order valence-electron chi connectivity index (χ1n) is 7.90. The van der Waals surface area contributed by atoms with Crippen molar-refractivity contribution in [2.75, 3.05) is 5.32 Å². The van der Waals surface area contributed by atoms with E-state index in [0.29, 0.717) is 22.5 Å². The average molecular weight is 387 g/mol. The summed E-state index contributed by atoms with van der Waals surface area (Å²) in [5.41, 5.74) is 3.01. The molecule has 0 aliphatic rings. The predicted octanol–water partition coefficient (Wildman–Crippen LogP) is 4.77. The smallest absolute Gasteiger partial charge is 0.270 e. The molecule has 0 aliphatic heterocycles. The molecule has 3 rings (SSSR count). The summed E-state index contributed by atoms with van der Waals surface area (Å²) in [5, 5.41) is 7.17. The summed E-state index contributed by atoms with van der Waals surface area (Å²) in [4.78, 5) is 20.8. The normalized spacial score (nSPS) is 10.4. The molecule has 0 aliphatic carbocycles. The third-order valence-electron chi connectivity index (χ3n) is 3.70. The molecule has 2 N–H and O–H groups in total. The third-order valence-corrected chi connectivity index (χ3v) is 4.19. The van der Waals surface area contributed by atoms with Crippen molar-refractivity contribution in [1.29, 1.82) is 0 Å². The Bertz CT molecular complexity index is 929. The number of anilines is 2. The Morgan fingerprint density at radius 1 is 1.04 bits per heavy atom. The van der Waals surface area contributed by atoms with E-state index in [1.54, 1.807) is 24.3 Å². The number of rotatable bonds is 5. The topological polar surface area (TPSA) is 66.9 Å². The predicted molar refractivity (Wildman–Crippen MR) is 104 cm³/mol. The van der Waals surface area contributed by atoms with Crippen LogP contribution in [0.15, 0.2) is 54.7 Å². The molecule has 0 radical (unpaired) electrons. The number of carbonyl (C=O) groups is 1. The zero-order valence-electron chi connectivity index (χ0n) is 14.0. The lowest BCUT2D eigenvalue weighted by molar-refractivity contribution is 0.0946. The van der Waals surface area contributed by atoms with Crippen LogP contribution >= 0.6 is 23.2 Å². The highest BCUT2D eigenvalue weighted by atomic mass is 35.5. The first-order valence-corrected chi connectivity index (χ1v) is 8.66. The second kappa shape index (κ2) is 8.17. The molecule has 3 aromatic rings. The first-order chi connectivity index (χ1) is 12.5. The van der Waals surface area contributed by atoms with E-state index in [2.05, 4.69) is 20.6 Å². The maximum atomic E-state index is 12.3. The van der Waals surface area contributed by atoms with Gasteiger partial charge in [0.15, 0.2) is 0 Å². The molecule has 0 spiro atoms. The standard InChI is InChI=1S/C19H16Cl2N4O/c1-12-2-5-15(21)10-17(12)25-19-22-9-8-16(24-19)18(26)23-11-13-3-6-14(20)7-4-13/h2-10H,11H2,1H3,(H,23,26)(H,22,24,25). The van der Waals surface area contributed by atoms with Crippen molar-refractivity contribution in [3.63, 3.8) is 0 Å². The molecular weight excluding hydrogens is 371 g/mol. The minimum Gasteiger partial charge on any atom is -0.347 e. The Balaban J connectivity index is 1.69. The molecule has 26 heavy (non-hydrogen) atoms. The number of benzene rings is 2. The number of hydrogen-bond donors (Lipinski definition) is 2. The Morgan fingerprint density at radius 3 is 2.54 bits per heavy atom. The van der Waals surface area contributed by atoms with Crippen LogP contribution in [0.25, 0.3) is 0 Å². The van der Waals surface area contributed by atoms with Crippen LogP contribution in [0, 0.1) is 6.92 Å². The lowest BCUT2D eigenvalue weighted by Gasteiger charge is -2.10. The second-order valence-corrected chi connectivity index (χ2v) is 6.53. The Morgan fingerprint density at radius 2 is 1.77 bits per heavy atom. The molecule has 0 bridgehead atoms. The molecule has 1 aromatic heterocycles. The minimum absolute atomic E-state index is 0.274. The number of nitrogens with one attached hydrogen (secondary N) is 2. The fraction of sp³-hybridized carbons (Fsp3) is 0.105. The fourth-order valence-electron chi connectivity index (χ4n) is 2.27. The molecule has 0 saturated carbocycles. The summed E-state index contributed by atoms with van der Waals surface area (Å²) < 4.78 is 0. The van der Waals surface area contributed by atoms with Gasteiger partial charge in [-0.3, -0.25) is 4.79 Å². The van der Waals surface area contributed by atoms with Crippen molar-refractivity contribution in [3.8, 4) is 0 Å². The van der Waals surface area contributed by atoms with Crippen LogP contribution < -0.4 is 10.6 Å². The maximum Gasteiger partial charge on any atom is 0.270 e. The summed E-state index contributed by atoms with van der Waals surface area (Å²) >= 11 is 11.9. The molecule has 2 aromatic carbocycles. The van der Waals surface area contributed by atoms with E-state index >= 15 is 0 Å². The van der Waals surface area contributed by atoms with Crippen LogP contribution in [0.3, 0.4) is 0 Å². The molecular formula is C19H16Cl2N4O. The van der Waals surface area contributed by atoms with Gasteiger partial charge >= 0.3 is 0 Å². The average Bonchev–Trinajstić information content (AvgIpc) is 2.64. The fourth-order valence-corrected chi connectivity index (χ4v) is 2.57. The number of carbonyl (C=O) groups excluding carboxylic acids is 1. The molecule has 0 saturated heterocycles. The van der Waals surface area contributed by atoms with Crippen molar-refractivity contribution in [2.45, 2.75) is 13.5 Å². The Labute approximate surface area is 161 Å². The Hall–Kier alpha value is -2.63. The molecule has 7 heteroatoms. The van der Waals surface area contributed by atoms with Gasteiger partial charge in [-0.1, -0.05) is 41.4 Å². The maximum absolute atomic E-state index is 12.3. The highest BCUT2D eigenvalue weighted by Crippen LogP contribution is 2.22. The highest BCUT2D eigenvalue weighted by molar-refractivity contribution is 6.31. The summed E-state index contributed by atoms with van der Waals surface area (Å²) in [6.07, 6.45) is 1.53. The molecule has 132 valence electrons. The first kappa shape index (κ1) is 18.2. The number of aromatic nitrogens is 2. The number of amides is 1. The van der Waals surface area contributed by atoms with Crippen LogP contribution in [-0.2, 0) is 6.54 Å². The second-order valence-electron chi connectivity index (χ2n) is 5.66. The molecule has 0 atom stereocenters. The van der Waals surface area contributed by atoms with E-state index in [0.717, 1.165) is 16.8 Å². The van der Waals surface area contributed by atoms with Crippen molar-refractivity contribution < 1.29 is 4.79 Å². The summed E-state index contributed by atoms with van der Waals surface area (Å²) in [7, 11) is 0. The number of nitrogens with zero attached hydrogens (tertiary/aromatic N) is 2. The van der Waals surface area contributed by atoms with Gasteiger partial charge in [-0.05, 0) is 48.4 Å². The van der Waals surface area contributed by atoms with Crippen LogP contribution in [-0.4, -0.2) is 15.9 Å². The zero-order chi connectivity index (χ0) is 18.5.